The Balaban J connectivity index is 2.08. The number of hydrogen-bond donors (Lipinski definition) is 0. The van der Waals surface area contributed by atoms with Crippen molar-refractivity contribution in [1.82, 2.24) is 4.90 Å². The van der Waals surface area contributed by atoms with Crippen LogP contribution in [0.5, 0.6) is 0 Å². The van der Waals surface area contributed by atoms with Crippen LogP contribution in [0, 0.1) is 5.41 Å². The summed E-state index contributed by atoms with van der Waals surface area (Å²) in [5, 5.41) is 0. The summed E-state index contributed by atoms with van der Waals surface area (Å²) in [7, 11) is 2.25. The number of rotatable bonds is 0. The van der Waals surface area contributed by atoms with Gasteiger partial charge >= 0.3 is 0 Å². The van der Waals surface area contributed by atoms with Crippen LogP contribution in [-0.2, 0) is 0 Å². The van der Waals surface area contributed by atoms with Crippen LogP contribution >= 0.6 is 0 Å². The van der Waals surface area contributed by atoms with Gasteiger partial charge in [-0.25, -0.2) is 0 Å². The zero-order chi connectivity index (χ0) is 7.90. The molecular weight excluding hydrogens is 134 g/mol. The highest BCUT2D eigenvalue weighted by Gasteiger charge is 2.40. The Kier molecular flexibility index (Phi) is 1.57. The van der Waals surface area contributed by atoms with Gasteiger partial charge in [-0.3, -0.25) is 0 Å². The van der Waals surface area contributed by atoms with Crippen molar-refractivity contribution in [3.8, 4) is 0 Å². The van der Waals surface area contributed by atoms with Crippen LogP contribution < -0.4 is 0 Å². The van der Waals surface area contributed by atoms with Crippen LogP contribution in [0.2, 0.25) is 0 Å². The van der Waals surface area contributed by atoms with Gasteiger partial charge in [0.15, 0.2) is 0 Å². The third kappa shape index (κ3) is 1.12. The van der Waals surface area contributed by atoms with Crippen molar-refractivity contribution < 1.29 is 0 Å². The SMILES string of the molecule is CC1CC2(CC=CC2)CN1C. The predicted molar refractivity (Wildman–Crippen MR) is 47.5 cm³/mol. The van der Waals surface area contributed by atoms with E-state index in [0.717, 1.165) is 6.04 Å². The normalized spacial score (nSPS) is 35.6. The van der Waals surface area contributed by atoms with E-state index in [2.05, 4.69) is 31.0 Å². The van der Waals surface area contributed by atoms with Gasteiger partial charge in [0.2, 0.25) is 0 Å². The zero-order valence-corrected chi connectivity index (χ0v) is 7.51. The second kappa shape index (κ2) is 2.34. The van der Waals surface area contributed by atoms with Crippen molar-refractivity contribution in [2.75, 3.05) is 13.6 Å². The molecule has 0 N–H and O–H groups in total. The average molecular weight is 151 g/mol. The van der Waals surface area contributed by atoms with Crippen LogP contribution in [0.4, 0.5) is 0 Å². The van der Waals surface area contributed by atoms with Crippen molar-refractivity contribution >= 4 is 0 Å². The Morgan fingerprint density at radius 1 is 1.36 bits per heavy atom. The smallest absolute Gasteiger partial charge is 0.00701 e. The molecule has 1 saturated heterocycles. The topological polar surface area (TPSA) is 3.24 Å². The summed E-state index contributed by atoms with van der Waals surface area (Å²) in [6.07, 6.45) is 8.75. The lowest BCUT2D eigenvalue weighted by Gasteiger charge is -2.21. The number of nitrogens with zero attached hydrogens (tertiary/aromatic N) is 1. The summed E-state index contributed by atoms with van der Waals surface area (Å²) < 4.78 is 0. The second-order valence-corrected chi connectivity index (χ2v) is 4.35. The predicted octanol–water partition coefficient (Wildman–Crippen LogP) is 2.05. The van der Waals surface area contributed by atoms with Gasteiger partial charge in [-0.05, 0) is 38.6 Å². The van der Waals surface area contributed by atoms with Crippen LogP contribution in [-0.4, -0.2) is 24.5 Å². The summed E-state index contributed by atoms with van der Waals surface area (Å²) >= 11 is 0. The molecule has 1 nitrogen and oxygen atoms in total. The third-order valence-corrected chi connectivity index (χ3v) is 3.33. The molecule has 62 valence electrons. The molecule has 1 heterocycles. The zero-order valence-electron chi connectivity index (χ0n) is 7.51. The van der Waals surface area contributed by atoms with E-state index >= 15 is 0 Å². The van der Waals surface area contributed by atoms with Gasteiger partial charge in [-0.1, -0.05) is 12.2 Å². The molecular formula is C10H17N. The molecule has 0 bridgehead atoms. The Hall–Kier alpha value is -0.300. The highest BCUT2D eigenvalue weighted by atomic mass is 15.2. The fourth-order valence-corrected chi connectivity index (χ4v) is 2.58. The maximum Gasteiger partial charge on any atom is 0.00701 e. The van der Waals surface area contributed by atoms with Gasteiger partial charge in [-0.15, -0.1) is 0 Å². The highest BCUT2D eigenvalue weighted by molar-refractivity contribution is 5.07. The molecule has 0 saturated carbocycles. The number of likely N-dealkylation sites (tertiary alicyclic amines) is 1. The summed E-state index contributed by atoms with van der Waals surface area (Å²) in [4.78, 5) is 2.49. The molecule has 1 aliphatic carbocycles. The molecule has 0 radical (unpaired) electrons. The van der Waals surface area contributed by atoms with Crippen LogP contribution in [0.15, 0.2) is 12.2 Å². The molecule has 1 atom stereocenters. The first-order valence-electron chi connectivity index (χ1n) is 4.57. The first-order valence-corrected chi connectivity index (χ1v) is 4.57. The minimum Gasteiger partial charge on any atom is -0.303 e. The Morgan fingerprint density at radius 3 is 2.45 bits per heavy atom. The van der Waals surface area contributed by atoms with E-state index in [1.807, 2.05) is 0 Å². The molecule has 2 rings (SSSR count). The van der Waals surface area contributed by atoms with Gasteiger partial charge in [0.1, 0.15) is 0 Å². The van der Waals surface area contributed by atoms with E-state index in [-0.39, 0.29) is 0 Å². The molecule has 0 aromatic carbocycles. The van der Waals surface area contributed by atoms with Gasteiger partial charge in [0, 0.05) is 12.6 Å². The number of allylic oxidation sites excluding steroid dienone is 2. The van der Waals surface area contributed by atoms with Crippen molar-refractivity contribution in [2.24, 2.45) is 5.41 Å². The lowest BCUT2D eigenvalue weighted by molar-refractivity contribution is 0.288. The molecule has 1 unspecified atom stereocenters. The van der Waals surface area contributed by atoms with Crippen LogP contribution in [0.1, 0.15) is 26.2 Å². The minimum absolute atomic E-state index is 0.647. The van der Waals surface area contributed by atoms with Gasteiger partial charge in [0.25, 0.3) is 0 Å². The first kappa shape index (κ1) is 7.35. The van der Waals surface area contributed by atoms with E-state index in [4.69, 9.17) is 0 Å². The number of hydrogen-bond acceptors (Lipinski definition) is 1. The largest absolute Gasteiger partial charge is 0.303 e. The van der Waals surface area contributed by atoms with Crippen LogP contribution in [0.3, 0.4) is 0 Å². The molecule has 0 aromatic rings. The molecule has 1 aliphatic heterocycles. The summed E-state index contributed by atoms with van der Waals surface area (Å²) in [5.74, 6) is 0. The van der Waals surface area contributed by atoms with Crippen molar-refractivity contribution in [3.05, 3.63) is 12.2 Å². The Labute approximate surface area is 69.1 Å². The fourth-order valence-electron chi connectivity index (χ4n) is 2.58. The summed E-state index contributed by atoms with van der Waals surface area (Å²) in [6.45, 7) is 3.65. The van der Waals surface area contributed by atoms with E-state index in [9.17, 15) is 0 Å². The molecule has 0 aromatic heterocycles. The Morgan fingerprint density at radius 2 is 2.00 bits per heavy atom. The molecule has 11 heavy (non-hydrogen) atoms. The van der Waals surface area contributed by atoms with Crippen LogP contribution in [0.25, 0.3) is 0 Å². The minimum atomic E-state index is 0.647. The van der Waals surface area contributed by atoms with Crippen molar-refractivity contribution in [1.29, 1.82) is 0 Å². The van der Waals surface area contributed by atoms with E-state index in [0.29, 0.717) is 5.41 Å². The highest BCUT2D eigenvalue weighted by Crippen LogP contribution is 2.43. The molecule has 1 spiro atoms. The van der Waals surface area contributed by atoms with Crippen molar-refractivity contribution in [3.63, 3.8) is 0 Å². The molecule has 2 aliphatic rings. The summed E-state index contributed by atoms with van der Waals surface area (Å²) in [6, 6.07) is 0.801. The first-order chi connectivity index (χ1) is 5.22. The van der Waals surface area contributed by atoms with E-state index in [1.54, 1.807) is 0 Å². The van der Waals surface area contributed by atoms with Gasteiger partial charge in [0.05, 0.1) is 0 Å². The lowest BCUT2D eigenvalue weighted by atomic mass is 9.83. The summed E-state index contributed by atoms with van der Waals surface area (Å²) in [5.41, 5.74) is 0.647. The van der Waals surface area contributed by atoms with Gasteiger partial charge in [-0.2, -0.15) is 0 Å². The average Bonchev–Trinajstić information content (AvgIpc) is 2.46. The lowest BCUT2D eigenvalue weighted by Crippen LogP contribution is -2.24. The van der Waals surface area contributed by atoms with Gasteiger partial charge < -0.3 is 4.90 Å². The Bertz CT molecular complexity index is 163. The molecule has 0 amide bonds. The third-order valence-electron chi connectivity index (χ3n) is 3.33. The van der Waals surface area contributed by atoms with E-state index < -0.39 is 0 Å². The second-order valence-electron chi connectivity index (χ2n) is 4.35. The van der Waals surface area contributed by atoms with E-state index in [1.165, 1.54) is 25.8 Å². The quantitative estimate of drug-likeness (QED) is 0.479. The molecule has 1 fully saturated rings. The fraction of sp³-hybridized carbons (Fsp3) is 0.800. The maximum atomic E-state index is 2.49. The molecule has 1 heteroatoms. The maximum absolute atomic E-state index is 2.49. The monoisotopic (exact) mass is 151 g/mol. The standard InChI is InChI=1S/C10H17N/c1-9-7-10(8-11(9)2)5-3-4-6-10/h3-4,9H,5-8H2,1-2H3. The van der Waals surface area contributed by atoms with Crippen molar-refractivity contribution in [2.45, 2.75) is 32.2 Å².